The summed E-state index contributed by atoms with van der Waals surface area (Å²) in [5.41, 5.74) is 0.969. The van der Waals surface area contributed by atoms with Crippen molar-refractivity contribution in [2.45, 2.75) is 13.5 Å². The van der Waals surface area contributed by atoms with Crippen molar-refractivity contribution in [3.8, 4) is 0 Å². The van der Waals surface area contributed by atoms with Gasteiger partial charge in [-0.2, -0.15) is 15.0 Å². The van der Waals surface area contributed by atoms with E-state index >= 15 is 0 Å². The lowest BCUT2D eigenvalue weighted by atomic mass is 10.3. The molecule has 7 nitrogen and oxygen atoms in total. The minimum atomic E-state index is 0.582. The molecule has 0 unspecified atom stereocenters. The fourth-order valence-electron chi connectivity index (χ4n) is 1.77. The van der Waals surface area contributed by atoms with Crippen LogP contribution in [0.5, 0.6) is 0 Å². The second kappa shape index (κ2) is 6.83. The Kier molecular flexibility index (Phi) is 4.86. The van der Waals surface area contributed by atoms with Gasteiger partial charge in [-0.05, 0) is 19.1 Å². The topological polar surface area (TPSA) is 70.1 Å². The Bertz CT molecular complexity index is 571. The molecule has 0 aliphatic rings. The fraction of sp³-hybridized carbons (Fsp3) is 0.429. The third-order valence-electron chi connectivity index (χ3n) is 2.81. The van der Waals surface area contributed by atoms with Crippen LogP contribution in [-0.4, -0.2) is 47.6 Å². The lowest BCUT2D eigenvalue weighted by molar-refractivity contribution is 0.823. The summed E-state index contributed by atoms with van der Waals surface area (Å²) in [6, 6.07) is 5.86. The summed E-state index contributed by atoms with van der Waals surface area (Å²) in [7, 11) is 5.76. The first kappa shape index (κ1) is 15.0. The molecule has 21 heavy (non-hydrogen) atoms. The molecule has 7 heteroatoms. The average Bonchev–Trinajstić information content (AvgIpc) is 2.48. The second-order valence-electron chi connectivity index (χ2n) is 4.86. The standard InChI is InChI=1S/C14H21N7/c1-5-15-12-17-13(20(2)3)19-14(18-12)21(4)10-11-8-6-7-9-16-11/h6-9H,5,10H2,1-4H3,(H,15,17,18,19). The maximum Gasteiger partial charge on any atom is 0.232 e. The van der Waals surface area contributed by atoms with E-state index in [4.69, 9.17) is 0 Å². The van der Waals surface area contributed by atoms with Crippen LogP contribution in [0.25, 0.3) is 0 Å². The highest BCUT2D eigenvalue weighted by atomic mass is 15.3. The zero-order valence-electron chi connectivity index (χ0n) is 12.9. The van der Waals surface area contributed by atoms with Gasteiger partial charge in [-0.1, -0.05) is 6.07 Å². The number of nitrogens with zero attached hydrogens (tertiary/aromatic N) is 6. The van der Waals surface area contributed by atoms with Crippen LogP contribution in [0, 0.1) is 0 Å². The van der Waals surface area contributed by atoms with Gasteiger partial charge in [0.05, 0.1) is 12.2 Å². The van der Waals surface area contributed by atoms with Gasteiger partial charge in [0, 0.05) is 33.9 Å². The molecule has 0 radical (unpaired) electrons. The first-order valence-electron chi connectivity index (χ1n) is 6.88. The minimum Gasteiger partial charge on any atom is -0.354 e. The molecule has 0 aliphatic heterocycles. The highest BCUT2D eigenvalue weighted by molar-refractivity contribution is 5.44. The van der Waals surface area contributed by atoms with E-state index in [0.717, 1.165) is 12.2 Å². The van der Waals surface area contributed by atoms with Crippen LogP contribution in [0.4, 0.5) is 17.8 Å². The molecule has 1 N–H and O–H groups in total. The van der Waals surface area contributed by atoms with Crippen LogP contribution in [0.1, 0.15) is 12.6 Å². The molecular weight excluding hydrogens is 266 g/mol. The maximum absolute atomic E-state index is 4.47. The summed E-state index contributed by atoms with van der Waals surface area (Å²) >= 11 is 0. The first-order chi connectivity index (χ1) is 10.1. The quantitative estimate of drug-likeness (QED) is 0.861. The van der Waals surface area contributed by atoms with Gasteiger partial charge >= 0.3 is 0 Å². The zero-order valence-corrected chi connectivity index (χ0v) is 12.9. The number of hydrogen-bond acceptors (Lipinski definition) is 7. The average molecular weight is 287 g/mol. The van der Waals surface area contributed by atoms with Crippen LogP contribution in [-0.2, 0) is 6.54 Å². The Morgan fingerprint density at radius 1 is 1.05 bits per heavy atom. The van der Waals surface area contributed by atoms with Gasteiger partial charge in [-0.15, -0.1) is 0 Å². The smallest absolute Gasteiger partial charge is 0.232 e. The summed E-state index contributed by atoms with van der Waals surface area (Å²) in [4.78, 5) is 21.4. The molecule has 0 aromatic carbocycles. The molecule has 0 aliphatic carbocycles. The highest BCUT2D eigenvalue weighted by Crippen LogP contribution is 2.15. The van der Waals surface area contributed by atoms with E-state index < -0.39 is 0 Å². The van der Waals surface area contributed by atoms with E-state index in [0.29, 0.717) is 24.4 Å². The largest absolute Gasteiger partial charge is 0.354 e. The van der Waals surface area contributed by atoms with Crippen LogP contribution in [0.3, 0.4) is 0 Å². The van der Waals surface area contributed by atoms with Gasteiger partial charge in [0.2, 0.25) is 17.8 Å². The molecule has 0 bridgehead atoms. The third-order valence-corrected chi connectivity index (χ3v) is 2.81. The number of hydrogen-bond donors (Lipinski definition) is 1. The molecule has 0 amide bonds. The molecule has 0 saturated carbocycles. The molecule has 2 rings (SSSR count). The SMILES string of the molecule is CCNc1nc(N(C)C)nc(N(C)Cc2ccccn2)n1. The molecule has 2 aromatic rings. The Morgan fingerprint density at radius 3 is 2.43 bits per heavy atom. The van der Waals surface area contributed by atoms with Crippen LogP contribution in [0.2, 0.25) is 0 Å². The molecule has 0 atom stereocenters. The van der Waals surface area contributed by atoms with Gasteiger partial charge in [0.15, 0.2) is 0 Å². The van der Waals surface area contributed by atoms with E-state index in [1.807, 2.05) is 56.1 Å². The number of nitrogens with one attached hydrogen (secondary N) is 1. The predicted molar refractivity (Wildman–Crippen MR) is 84.7 cm³/mol. The number of rotatable bonds is 6. The lowest BCUT2D eigenvalue weighted by Gasteiger charge is -2.19. The van der Waals surface area contributed by atoms with Crippen molar-refractivity contribution < 1.29 is 0 Å². The summed E-state index contributed by atoms with van der Waals surface area (Å²) in [5, 5.41) is 3.13. The molecule has 0 spiro atoms. The van der Waals surface area contributed by atoms with Crippen molar-refractivity contribution >= 4 is 17.8 Å². The van der Waals surface area contributed by atoms with Gasteiger partial charge in [-0.3, -0.25) is 4.98 Å². The molecule has 2 heterocycles. The van der Waals surface area contributed by atoms with Crippen molar-refractivity contribution in [1.29, 1.82) is 0 Å². The van der Waals surface area contributed by atoms with Gasteiger partial charge in [0.1, 0.15) is 0 Å². The number of anilines is 3. The van der Waals surface area contributed by atoms with Crippen molar-refractivity contribution in [1.82, 2.24) is 19.9 Å². The normalized spacial score (nSPS) is 10.3. The number of pyridine rings is 1. The maximum atomic E-state index is 4.47. The molecule has 2 aromatic heterocycles. The van der Waals surface area contributed by atoms with Crippen molar-refractivity contribution in [2.24, 2.45) is 0 Å². The minimum absolute atomic E-state index is 0.582. The van der Waals surface area contributed by atoms with E-state index in [9.17, 15) is 0 Å². The van der Waals surface area contributed by atoms with E-state index in [-0.39, 0.29) is 0 Å². The van der Waals surface area contributed by atoms with E-state index in [1.54, 1.807) is 6.20 Å². The Morgan fingerprint density at radius 2 is 1.81 bits per heavy atom. The summed E-state index contributed by atoms with van der Waals surface area (Å²) < 4.78 is 0. The summed E-state index contributed by atoms with van der Waals surface area (Å²) in [5.74, 6) is 1.83. The summed E-state index contributed by atoms with van der Waals surface area (Å²) in [6.45, 7) is 3.42. The van der Waals surface area contributed by atoms with Crippen molar-refractivity contribution in [3.05, 3.63) is 30.1 Å². The lowest BCUT2D eigenvalue weighted by Crippen LogP contribution is -2.23. The molecule has 0 fully saturated rings. The fourth-order valence-corrected chi connectivity index (χ4v) is 1.77. The van der Waals surface area contributed by atoms with Crippen molar-refractivity contribution in [3.63, 3.8) is 0 Å². The van der Waals surface area contributed by atoms with Crippen LogP contribution >= 0.6 is 0 Å². The third kappa shape index (κ3) is 4.01. The van der Waals surface area contributed by atoms with Gasteiger partial charge in [-0.25, -0.2) is 0 Å². The first-order valence-corrected chi connectivity index (χ1v) is 6.88. The zero-order chi connectivity index (χ0) is 15.2. The monoisotopic (exact) mass is 287 g/mol. The Balaban J connectivity index is 2.24. The highest BCUT2D eigenvalue weighted by Gasteiger charge is 2.12. The molecule has 0 saturated heterocycles. The van der Waals surface area contributed by atoms with Crippen LogP contribution < -0.4 is 15.1 Å². The van der Waals surface area contributed by atoms with Gasteiger partial charge in [0.25, 0.3) is 0 Å². The van der Waals surface area contributed by atoms with E-state index in [1.165, 1.54) is 0 Å². The Hall–Kier alpha value is -2.44. The van der Waals surface area contributed by atoms with Gasteiger partial charge < -0.3 is 15.1 Å². The van der Waals surface area contributed by atoms with E-state index in [2.05, 4.69) is 25.3 Å². The molecular formula is C14H21N7. The summed E-state index contributed by atoms with van der Waals surface area (Å²) in [6.07, 6.45) is 1.78. The van der Waals surface area contributed by atoms with Crippen molar-refractivity contribution in [2.75, 3.05) is 42.8 Å². The molecule has 112 valence electrons. The second-order valence-corrected chi connectivity index (χ2v) is 4.86. The van der Waals surface area contributed by atoms with Crippen LogP contribution in [0.15, 0.2) is 24.4 Å². The number of aromatic nitrogens is 4. The Labute approximate surface area is 125 Å². The predicted octanol–water partition coefficient (Wildman–Crippen LogP) is 1.40.